The average molecular weight is 557 g/mol. The fraction of sp³-hybridized carbons (Fsp3) is 0.545. The highest BCUT2D eigenvalue weighted by atomic mass is 16.6. The molecule has 0 bridgehead atoms. The Kier molecular flexibility index (Phi) is 15.5. The van der Waals surface area contributed by atoms with Crippen molar-refractivity contribution in [1.82, 2.24) is 0 Å². The minimum Gasteiger partial charge on any atom is -0.493 e. The molecule has 0 spiro atoms. The maximum absolute atomic E-state index is 13.4. The second-order valence-corrected chi connectivity index (χ2v) is 9.35. The van der Waals surface area contributed by atoms with E-state index in [2.05, 4.69) is 0 Å². The van der Waals surface area contributed by atoms with Crippen LogP contribution in [0.4, 0.5) is 0 Å². The summed E-state index contributed by atoms with van der Waals surface area (Å²) in [6.45, 7) is 14.9. The molecule has 2 rings (SSSR count). The van der Waals surface area contributed by atoms with Gasteiger partial charge in [0.05, 0.1) is 39.6 Å². The number of allylic oxidation sites excluding steroid dienone is 1. The van der Waals surface area contributed by atoms with Crippen LogP contribution in [0.1, 0.15) is 96.0 Å². The molecule has 222 valence electrons. The Labute approximate surface area is 240 Å². The zero-order chi connectivity index (χ0) is 29.2. The van der Waals surface area contributed by atoms with E-state index in [0.717, 1.165) is 38.5 Å². The van der Waals surface area contributed by atoms with Crippen molar-refractivity contribution in [2.24, 2.45) is 0 Å². The van der Waals surface area contributed by atoms with Gasteiger partial charge in [0.1, 0.15) is 11.3 Å². The quantitative estimate of drug-likeness (QED) is 0.0870. The first-order valence-electron chi connectivity index (χ1n) is 14.9. The van der Waals surface area contributed by atoms with Gasteiger partial charge in [0, 0.05) is 11.6 Å². The second kappa shape index (κ2) is 18.9. The summed E-state index contributed by atoms with van der Waals surface area (Å²) in [5.74, 6) is 2.34. The lowest BCUT2D eigenvalue weighted by Crippen LogP contribution is -2.13. The van der Waals surface area contributed by atoms with E-state index in [9.17, 15) is 4.79 Å². The van der Waals surface area contributed by atoms with Gasteiger partial charge in [0.2, 0.25) is 17.2 Å². The van der Waals surface area contributed by atoms with E-state index in [1.54, 1.807) is 12.1 Å². The van der Waals surface area contributed by atoms with Gasteiger partial charge in [-0.25, -0.2) is 0 Å². The Hall–Kier alpha value is -3.35. The van der Waals surface area contributed by atoms with E-state index < -0.39 is 0 Å². The van der Waals surface area contributed by atoms with E-state index in [4.69, 9.17) is 28.4 Å². The summed E-state index contributed by atoms with van der Waals surface area (Å²) in [5, 5.41) is 0. The van der Waals surface area contributed by atoms with Crippen LogP contribution in [0.2, 0.25) is 0 Å². The zero-order valence-corrected chi connectivity index (χ0v) is 25.3. The topological polar surface area (TPSA) is 72.5 Å². The van der Waals surface area contributed by atoms with Gasteiger partial charge >= 0.3 is 0 Å². The van der Waals surface area contributed by atoms with Crippen molar-refractivity contribution in [3.8, 4) is 28.7 Å². The van der Waals surface area contributed by atoms with Crippen LogP contribution in [0.15, 0.2) is 36.4 Å². The van der Waals surface area contributed by atoms with Crippen LogP contribution in [-0.4, -0.2) is 45.4 Å². The van der Waals surface area contributed by atoms with Gasteiger partial charge < -0.3 is 28.4 Å². The SMILES string of the molecule is CCCOC(=CC(=O)c1ccccc1)c1c(OCCC)c(OCCC)c(OCCC)c(OCCC)c1OCCC. The maximum Gasteiger partial charge on any atom is 0.211 e. The number of rotatable bonds is 21. The van der Waals surface area contributed by atoms with Gasteiger partial charge in [0.25, 0.3) is 0 Å². The molecular formula is C33H48O7. The minimum absolute atomic E-state index is 0.187. The first-order valence-corrected chi connectivity index (χ1v) is 14.9. The Morgan fingerprint density at radius 2 is 0.925 bits per heavy atom. The number of ether oxygens (including phenoxy) is 6. The standard InChI is InChI=1S/C33H48O7/c1-7-18-35-27(24-26(34)25-16-14-13-15-17-25)28-29(36-19-8-2)31(38-21-10-4)33(40-23-12-6)32(39-22-11-5)30(28)37-20-9-3/h13-17,24H,7-12,18-23H2,1-6H3. The molecule has 0 atom stereocenters. The van der Waals surface area contributed by atoms with Crippen LogP contribution in [0, 0.1) is 0 Å². The molecule has 0 amide bonds. The van der Waals surface area contributed by atoms with Crippen LogP contribution in [0.3, 0.4) is 0 Å². The summed E-state index contributed by atoms with van der Waals surface area (Å²) in [5.41, 5.74) is 1.06. The Bertz CT molecular complexity index is 1010. The lowest BCUT2D eigenvalue weighted by molar-refractivity contribution is 0.104. The molecule has 40 heavy (non-hydrogen) atoms. The molecule has 0 aliphatic carbocycles. The highest BCUT2D eigenvalue weighted by molar-refractivity contribution is 6.08. The highest BCUT2D eigenvalue weighted by Gasteiger charge is 2.33. The number of hydrogen-bond donors (Lipinski definition) is 0. The van der Waals surface area contributed by atoms with Crippen molar-refractivity contribution < 1.29 is 33.2 Å². The molecule has 0 saturated carbocycles. The van der Waals surface area contributed by atoms with E-state index in [1.807, 2.05) is 59.7 Å². The molecule has 7 heteroatoms. The molecule has 7 nitrogen and oxygen atoms in total. The number of benzene rings is 2. The van der Waals surface area contributed by atoms with Gasteiger partial charge in [0.15, 0.2) is 17.3 Å². The monoisotopic (exact) mass is 556 g/mol. The third kappa shape index (κ3) is 9.39. The Balaban J connectivity index is 3.00. The van der Waals surface area contributed by atoms with Crippen molar-refractivity contribution in [1.29, 1.82) is 0 Å². The molecule has 0 aromatic heterocycles. The maximum atomic E-state index is 13.4. The van der Waals surface area contributed by atoms with Gasteiger partial charge in [-0.1, -0.05) is 71.9 Å². The fourth-order valence-corrected chi connectivity index (χ4v) is 3.76. The molecule has 0 heterocycles. The van der Waals surface area contributed by atoms with Crippen molar-refractivity contribution >= 4 is 11.5 Å². The van der Waals surface area contributed by atoms with Crippen molar-refractivity contribution in [2.45, 2.75) is 80.1 Å². The number of ketones is 1. The summed E-state index contributed by atoms with van der Waals surface area (Å²) >= 11 is 0. The number of carbonyl (C=O) groups excluding carboxylic acids is 1. The van der Waals surface area contributed by atoms with E-state index >= 15 is 0 Å². The molecule has 0 radical (unpaired) electrons. The molecule has 0 N–H and O–H groups in total. The van der Waals surface area contributed by atoms with Crippen molar-refractivity contribution in [2.75, 3.05) is 39.6 Å². The van der Waals surface area contributed by atoms with Crippen molar-refractivity contribution in [3.05, 3.63) is 47.5 Å². The predicted octanol–water partition coefficient (Wildman–Crippen LogP) is 8.28. The van der Waals surface area contributed by atoms with Gasteiger partial charge in [-0.2, -0.15) is 0 Å². The number of hydrogen-bond acceptors (Lipinski definition) is 7. The van der Waals surface area contributed by atoms with Gasteiger partial charge in [-0.15, -0.1) is 0 Å². The third-order valence-electron chi connectivity index (χ3n) is 5.56. The smallest absolute Gasteiger partial charge is 0.211 e. The minimum atomic E-state index is -0.187. The van der Waals surface area contributed by atoms with Crippen LogP contribution in [0.25, 0.3) is 5.76 Å². The molecule has 0 unspecified atom stereocenters. The van der Waals surface area contributed by atoms with Crippen LogP contribution < -0.4 is 23.7 Å². The first-order chi connectivity index (χ1) is 19.6. The lowest BCUT2D eigenvalue weighted by atomic mass is 10.0. The van der Waals surface area contributed by atoms with Crippen molar-refractivity contribution in [3.63, 3.8) is 0 Å². The lowest BCUT2D eigenvalue weighted by Gasteiger charge is -2.26. The molecule has 0 saturated heterocycles. The molecule has 0 aliphatic rings. The molecule has 0 fully saturated rings. The molecular weight excluding hydrogens is 508 g/mol. The summed E-state index contributed by atoms with van der Waals surface area (Å²) in [6, 6.07) is 9.13. The molecule has 2 aromatic rings. The Morgan fingerprint density at radius 3 is 1.32 bits per heavy atom. The van der Waals surface area contributed by atoms with E-state index in [1.165, 1.54) is 6.08 Å². The molecule has 0 aliphatic heterocycles. The summed E-state index contributed by atoms with van der Waals surface area (Å²) in [4.78, 5) is 13.4. The summed E-state index contributed by atoms with van der Waals surface area (Å²) in [7, 11) is 0. The first kappa shape index (κ1) is 32.9. The predicted molar refractivity (Wildman–Crippen MR) is 160 cm³/mol. The third-order valence-corrected chi connectivity index (χ3v) is 5.56. The summed E-state index contributed by atoms with van der Waals surface area (Å²) < 4.78 is 38.0. The second-order valence-electron chi connectivity index (χ2n) is 9.35. The normalized spacial score (nSPS) is 11.2. The van der Waals surface area contributed by atoms with Gasteiger partial charge in [-0.3, -0.25) is 4.79 Å². The van der Waals surface area contributed by atoms with Crippen LogP contribution in [-0.2, 0) is 4.74 Å². The Morgan fingerprint density at radius 1 is 0.550 bits per heavy atom. The van der Waals surface area contributed by atoms with E-state index in [-0.39, 0.29) is 5.78 Å². The average Bonchev–Trinajstić information content (AvgIpc) is 2.98. The largest absolute Gasteiger partial charge is 0.493 e. The molecule has 2 aromatic carbocycles. The number of carbonyl (C=O) groups is 1. The zero-order valence-electron chi connectivity index (χ0n) is 25.3. The van der Waals surface area contributed by atoms with Crippen LogP contribution >= 0.6 is 0 Å². The fourth-order valence-electron chi connectivity index (χ4n) is 3.76. The summed E-state index contributed by atoms with van der Waals surface area (Å²) in [6.07, 6.45) is 6.19. The van der Waals surface area contributed by atoms with E-state index in [0.29, 0.717) is 85.3 Å². The highest BCUT2D eigenvalue weighted by Crippen LogP contribution is 2.56. The van der Waals surface area contributed by atoms with Crippen LogP contribution in [0.5, 0.6) is 28.7 Å². The van der Waals surface area contributed by atoms with Gasteiger partial charge in [-0.05, 0) is 38.5 Å².